The van der Waals surface area contributed by atoms with Crippen molar-refractivity contribution in [3.63, 3.8) is 0 Å². The fourth-order valence-electron chi connectivity index (χ4n) is 2.96. The lowest BCUT2D eigenvalue weighted by Gasteiger charge is -2.25. The number of aromatic amines is 1. The number of aryl methyl sites for hydroxylation is 1. The molecule has 1 fully saturated rings. The molecule has 7 heteroatoms. The molecule has 2 aromatic rings. The van der Waals surface area contributed by atoms with Gasteiger partial charge in [0.15, 0.2) is 0 Å². The summed E-state index contributed by atoms with van der Waals surface area (Å²) in [6.45, 7) is 3.22. The molecule has 7 nitrogen and oxygen atoms in total. The Morgan fingerprint density at radius 3 is 3.04 bits per heavy atom. The summed E-state index contributed by atoms with van der Waals surface area (Å²) < 4.78 is 5.49. The zero-order valence-corrected chi connectivity index (χ0v) is 13.3. The van der Waals surface area contributed by atoms with Gasteiger partial charge in [0.2, 0.25) is 0 Å². The van der Waals surface area contributed by atoms with E-state index in [1.165, 1.54) is 6.33 Å². The van der Waals surface area contributed by atoms with E-state index in [2.05, 4.69) is 25.2 Å². The highest BCUT2D eigenvalue weighted by Gasteiger charge is 2.33. The summed E-state index contributed by atoms with van der Waals surface area (Å²) >= 11 is 0. The normalized spacial score (nSPS) is 20.7. The lowest BCUT2D eigenvalue weighted by Crippen LogP contribution is -2.40. The minimum absolute atomic E-state index is 0.0627. The molecular formula is C16H21N5O2. The van der Waals surface area contributed by atoms with Gasteiger partial charge in [0, 0.05) is 38.8 Å². The highest BCUT2D eigenvalue weighted by molar-refractivity contribution is 5.95. The van der Waals surface area contributed by atoms with Crippen LogP contribution in [0.3, 0.4) is 0 Å². The quantitative estimate of drug-likeness (QED) is 0.864. The molecule has 0 bridgehead atoms. The largest absolute Gasteiger partial charge is 0.380 e. The van der Waals surface area contributed by atoms with Crippen molar-refractivity contribution < 1.29 is 9.53 Å². The van der Waals surface area contributed by atoms with E-state index < -0.39 is 0 Å². The molecule has 122 valence electrons. The van der Waals surface area contributed by atoms with Crippen LogP contribution in [-0.2, 0) is 4.74 Å². The van der Waals surface area contributed by atoms with E-state index in [1.54, 1.807) is 19.5 Å². The van der Waals surface area contributed by atoms with Crippen molar-refractivity contribution in [2.75, 3.05) is 25.1 Å². The van der Waals surface area contributed by atoms with Crippen LogP contribution in [0.25, 0.3) is 0 Å². The first kappa shape index (κ1) is 15.5. The molecule has 0 aliphatic carbocycles. The minimum atomic E-state index is -0.0627. The highest BCUT2D eigenvalue weighted by Crippen LogP contribution is 2.24. The van der Waals surface area contributed by atoms with Gasteiger partial charge >= 0.3 is 0 Å². The Morgan fingerprint density at radius 2 is 2.39 bits per heavy atom. The molecule has 0 spiro atoms. The average molecular weight is 315 g/mol. The molecule has 3 heterocycles. The van der Waals surface area contributed by atoms with Crippen molar-refractivity contribution in [1.29, 1.82) is 0 Å². The number of H-pyrrole nitrogens is 1. The Hall–Kier alpha value is -2.41. The Kier molecular flexibility index (Phi) is 4.57. The molecule has 2 atom stereocenters. The molecule has 2 N–H and O–H groups in total. The van der Waals surface area contributed by atoms with Gasteiger partial charge in [-0.15, -0.1) is 0 Å². The van der Waals surface area contributed by atoms with E-state index >= 15 is 0 Å². The molecule has 1 amide bonds. The van der Waals surface area contributed by atoms with Gasteiger partial charge in [0.05, 0.1) is 17.7 Å². The highest BCUT2D eigenvalue weighted by atomic mass is 16.5. The number of amides is 1. The number of methoxy groups -OCH3 is 1. The van der Waals surface area contributed by atoms with Crippen LogP contribution < -0.4 is 10.2 Å². The third-order valence-electron chi connectivity index (χ3n) is 4.27. The van der Waals surface area contributed by atoms with Gasteiger partial charge < -0.3 is 19.9 Å². The van der Waals surface area contributed by atoms with E-state index in [0.717, 1.165) is 24.3 Å². The number of ether oxygens (including phenoxy) is 1. The fourth-order valence-corrected chi connectivity index (χ4v) is 2.96. The Balaban J connectivity index is 1.67. The van der Waals surface area contributed by atoms with Gasteiger partial charge in [-0.1, -0.05) is 0 Å². The Labute approximate surface area is 135 Å². The van der Waals surface area contributed by atoms with Crippen molar-refractivity contribution in [3.8, 4) is 0 Å². The molecule has 0 aromatic carbocycles. The molecule has 1 aliphatic rings. The van der Waals surface area contributed by atoms with Gasteiger partial charge in [-0.05, 0) is 25.0 Å². The second-order valence-electron chi connectivity index (χ2n) is 5.73. The van der Waals surface area contributed by atoms with Crippen LogP contribution in [0, 0.1) is 6.92 Å². The first-order valence-corrected chi connectivity index (χ1v) is 7.66. The smallest absolute Gasteiger partial charge is 0.253 e. The van der Waals surface area contributed by atoms with E-state index in [1.807, 2.05) is 19.2 Å². The van der Waals surface area contributed by atoms with Crippen LogP contribution in [0.5, 0.6) is 0 Å². The second-order valence-corrected chi connectivity index (χ2v) is 5.73. The predicted molar refractivity (Wildman–Crippen MR) is 86.4 cm³/mol. The summed E-state index contributed by atoms with van der Waals surface area (Å²) in [7, 11) is 1.72. The molecule has 0 saturated carbocycles. The number of hydrogen-bond donors (Lipinski definition) is 2. The molecule has 2 aromatic heterocycles. The number of aromatic nitrogens is 3. The summed E-state index contributed by atoms with van der Waals surface area (Å²) in [5, 5.41) is 3.01. The van der Waals surface area contributed by atoms with Gasteiger partial charge in [0.1, 0.15) is 12.1 Å². The minimum Gasteiger partial charge on any atom is -0.380 e. The second kappa shape index (κ2) is 6.78. The van der Waals surface area contributed by atoms with E-state index in [-0.39, 0.29) is 18.1 Å². The van der Waals surface area contributed by atoms with Crippen LogP contribution >= 0.6 is 0 Å². The van der Waals surface area contributed by atoms with E-state index in [0.29, 0.717) is 12.1 Å². The van der Waals surface area contributed by atoms with Crippen LogP contribution in [0.4, 0.5) is 5.82 Å². The van der Waals surface area contributed by atoms with Gasteiger partial charge in [-0.25, -0.2) is 9.97 Å². The number of hydrogen-bond acceptors (Lipinski definition) is 5. The third-order valence-corrected chi connectivity index (χ3v) is 4.27. The average Bonchev–Trinajstić information content (AvgIpc) is 3.19. The van der Waals surface area contributed by atoms with Crippen molar-refractivity contribution in [1.82, 2.24) is 20.3 Å². The Bertz CT molecular complexity index is 658. The summed E-state index contributed by atoms with van der Waals surface area (Å²) in [5.74, 6) is 0.795. The number of rotatable bonds is 5. The molecule has 23 heavy (non-hydrogen) atoms. The lowest BCUT2D eigenvalue weighted by atomic mass is 10.1. The molecule has 1 saturated heterocycles. The Morgan fingerprint density at radius 1 is 1.52 bits per heavy atom. The topological polar surface area (TPSA) is 83.1 Å². The first-order valence-electron chi connectivity index (χ1n) is 7.66. The molecule has 1 aliphatic heterocycles. The van der Waals surface area contributed by atoms with Crippen molar-refractivity contribution in [2.24, 2.45) is 0 Å². The summed E-state index contributed by atoms with van der Waals surface area (Å²) in [6.07, 6.45) is 7.79. The SMILES string of the molecule is CO[C@@H]1C[C@H](CNC(=O)c2c[nH]cc2C)N(c2ccncn2)C1. The van der Waals surface area contributed by atoms with Crippen molar-refractivity contribution in [3.05, 3.63) is 42.1 Å². The lowest BCUT2D eigenvalue weighted by molar-refractivity contribution is 0.0946. The zero-order valence-electron chi connectivity index (χ0n) is 13.3. The van der Waals surface area contributed by atoms with Gasteiger partial charge in [-0.3, -0.25) is 4.79 Å². The van der Waals surface area contributed by atoms with Crippen LogP contribution in [0.1, 0.15) is 22.3 Å². The molecule has 3 rings (SSSR count). The van der Waals surface area contributed by atoms with Crippen LogP contribution in [-0.4, -0.2) is 53.2 Å². The summed E-state index contributed by atoms with van der Waals surface area (Å²) in [4.78, 5) is 25.7. The van der Waals surface area contributed by atoms with E-state index in [4.69, 9.17) is 4.74 Å². The number of carbonyl (C=O) groups excluding carboxylic acids is 1. The van der Waals surface area contributed by atoms with Crippen molar-refractivity contribution in [2.45, 2.75) is 25.5 Å². The summed E-state index contributed by atoms with van der Waals surface area (Å²) in [5.41, 5.74) is 1.62. The number of nitrogens with one attached hydrogen (secondary N) is 2. The van der Waals surface area contributed by atoms with Gasteiger partial charge in [-0.2, -0.15) is 0 Å². The number of carbonyl (C=O) groups is 1. The number of nitrogens with zero attached hydrogens (tertiary/aromatic N) is 3. The summed E-state index contributed by atoms with van der Waals surface area (Å²) in [6, 6.07) is 2.03. The van der Waals surface area contributed by atoms with Crippen molar-refractivity contribution >= 4 is 11.7 Å². The monoisotopic (exact) mass is 315 g/mol. The zero-order chi connectivity index (χ0) is 16.2. The number of anilines is 1. The maximum Gasteiger partial charge on any atom is 0.253 e. The third kappa shape index (κ3) is 3.34. The first-order chi connectivity index (χ1) is 11.2. The van der Waals surface area contributed by atoms with Crippen LogP contribution in [0.2, 0.25) is 0 Å². The van der Waals surface area contributed by atoms with Crippen LogP contribution in [0.15, 0.2) is 31.0 Å². The fraction of sp³-hybridized carbons (Fsp3) is 0.438. The predicted octanol–water partition coefficient (Wildman–Crippen LogP) is 1.14. The van der Waals surface area contributed by atoms with E-state index in [9.17, 15) is 4.79 Å². The molecular weight excluding hydrogens is 294 g/mol. The molecule has 0 radical (unpaired) electrons. The maximum absolute atomic E-state index is 12.3. The molecule has 0 unspecified atom stereocenters. The maximum atomic E-state index is 12.3. The van der Waals surface area contributed by atoms with Gasteiger partial charge in [0.25, 0.3) is 5.91 Å². The standard InChI is InChI=1S/C16H21N5O2/c1-11-6-18-8-14(11)16(22)19-7-12-5-13(23-2)9-21(12)15-3-4-17-10-20-15/h3-4,6,8,10,12-13,18H,5,7,9H2,1-2H3,(H,19,22)/t12-,13-/m1/s1.